The topological polar surface area (TPSA) is 42.7 Å². The Morgan fingerprint density at radius 3 is 2.84 bits per heavy atom. The second kappa shape index (κ2) is 6.98. The molecular weight excluding hydrogens is 343 g/mol. The van der Waals surface area contributed by atoms with Gasteiger partial charge >= 0.3 is 0 Å². The predicted molar refractivity (Wildman–Crippen MR) is 93.2 cm³/mol. The van der Waals surface area contributed by atoms with E-state index in [-0.39, 0.29) is 12.4 Å². The van der Waals surface area contributed by atoms with Crippen LogP contribution < -0.4 is 4.74 Å². The zero-order valence-electron chi connectivity index (χ0n) is 13.7. The van der Waals surface area contributed by atoms with E-state index < -0.39 is 0 Å². The van der Waals surface area contributed by atoms with Gasteiger partial charge in [0.05, 0.1) is 10.7 Å². The molecule has 0 radical (unpaired) electrons. The summed E-state index contributed by atoms with van der Waals surface area (Å²) < 4.78 is 21.9. The number of likely N-dealkylation sites (tertiary alicyclic amines) is 1. The van der Waals surface area contributed by atoms with Crippen LogP contribution in [-0.2, 0) is 13.2 Å². The maximum absolute atomic E-state index is 14.5. The normalized spacial score (nSPS) is 15.1. The molecule has 3 aromatic rings. The van der Waals surface area contributed by atoms with Crippen molar-refractivity contribution in [3.05, 3.63) is 58.8 Å². The first-order valence-electron chi connectivity index (χ1n) is 8.31. The summed E-state index contributed by atoms with van der Waals surface area (Å²) in [4.78, 5) is 6.35. The first-order valence-corrected chi connectivity index (χ1v) is 8.69. The highest BCUT2D eigenvalue weighted by molar-refractivity contribution is 6.31. The molecule has 0 spiro atoms. The third-order valence-electron chi connectivity index (χ3n) is 4.46. The molecule has 0 N–H and O–H groups in total. The minimum absolute atomic E-state index is 0.252. The zero-order chi connectivity index (χ0) is 17.2. The Bertz CT molecular complexity index is 869. The van der Waals surface area contributed by atoms with Crippen LogP contribution in [0.2, 0.25) is 5.02 Å². The van der Waals surface area contributed by atoms with Gasteiger partial charge in [-0.05, 0) is 44.1 Å². The summed E-state index contributed by atoms with van der Waals surface area (Å²) >= 11 is 6.30. The van der Waals surface area contributed by atoms with Gasteiger partial charge in [0.25, 0.3) is 0 Å². The van der Waals surface area contributed by atoms with Gasteiger partial charge in [0.2, 0.25) is 0 Å². The van der Waals surface area contributed by atoms with Gasteiger partial charge in [-0.3, -0.25) is 4.90 Å². The number of aromatic nitrogens is 3. The Kier molecular flexibility index (Phi) is 4.55. The molecule has 1 aliphatic heterocycles. The molecule has 1 fully saturated rings. The van der Waals surface area contributed by atoms with Gasteiger partial charge in [-0.25, -0.2) is 13.9 Å². The summed E-state index contributed by atoms with van der Waals surface area (Å²) in [5.41, 5.74) is 2.10. The van der Waals surface area contributed by atoms with Gasteiger partial charge in [-0.2, -0.15) is 5.10 Å². The zero-order valence-corrected chi connectivity index (χ0v) is 14.4. The standard InChI is InChI=1S/C18H18ClFN4O/c19-16-8-14(9-17(20)15(16)10-23-6-1-2-7-23)25-11-13-4-3-5-18-21-12-22-24(13)18/h3-5,8-9,12H,1-2,6-7,10-11H2. The molecule has 0 atom stereocenters. The molecule has 0 amide bonds. The first kappa shape index (κ1) is 16.3. The van der Waals surface area contributed by atoms with Crippen LogP contribution >= 0.6 is 11.6 Å². The van der Waals surface area contributed by atoms with Crippen molar-refractivity contribution in [1.29, 1.82) is 0 Å². The third-order valence-corrected chi connectivity index (χ3v) is 4.80. The maximum atomic E-state index is 14.5. The van der Waals surface area contributed by atoms with Crippen LogP contribution in [0.25, 0.3) is 5.65 Å². The largest absolute Gasteiger partial charge is 0.487 e. The average molecular weight is 361 g/mol. The van der Waals surface area contributed by atoms with Crippen molar-refractivity contribution >= 4 is 17.2 Å². The summed E-state index contributed by atoms with van der Waals surface area (Å²) in [6.07, 6.45) is 3.81. The number of halogens is 2. The molecule has 4 rings (SSSR count). The molecule has 1 saturated heterocycles. The number of fused-ring (bicyclic) bond motifs is 1. The van der Waals surface area contributed by atoms with Crippen LogP contribution in [0.15, 0.2) is 36.7 Å². The lowest BCUT2D eigenvalue weighted by Crippen LogP contribution is -2.19. The Morgan fingerprint density at radius 2 is 2.04 bits per heavy atom. The molecule has 7 heteroatoms. The van der Waals surface area contributed by atoms with Crippen LogP contribution in [0.3, 0.4) is 0 Å². The molecule has 25 heavy (non-hydrogen) atoms. The van der Waals surface area contributed by atoms with E-state index in [1.54, 1.807) is 10.6 Å². The van der Waals surface area contributed by atoms with Crippen molar-refractivity contribution in [3.8, 4) is 5.75 Å². The van der Waals surface area contributed by atoms with Crippen molar-refractivity contribution < 1.29 is 9.13 Å². The minimum Gasteiger partial charge on any atom is -0.487 e. The molecule has 0 aliphatic carbocycles. The van der Waals surface area contributed by atoms with E-state index in [0.29, 0.717) is 22.9 Å². The molecular formula is C18H18ClFN4O. The van der Waals surface area contributed by atoms with Crippen molar-refractivity contribution in [2.24, 2.45) is 0 Å². The van der Waals surface area contributed by atoms with Crippen molar-refractivity contribution in [2.45, 2.75) is 26.0 Å². The molecule has 1 aromatic carbocycles. The Balaban J connectivity index is 1.50. The SMILES string of the molecule is Fc1cc(OCc2cccc3ncnn23)cc(Cl)c1CN1CCCC1. The summed E-state index contributed by atoms with van der Waals surface area (Å²) in [6, 6.07) is 8.72. The summed E-state index contributed by atoms with van der Waals surface area (Å²) in [5, 5.41) is 4.56. The summed E-state index contributed by atoms with van der Waals surface area (Å²) in [5.74, 6) is 0.0816. The minimum atomic E-state index is -0.326. The molecule has 0 saturated carbocycles. The number of benzene rings is 1. The second-order valence-electron chi connectivity index (χ2n) is 6.18. The van der Waals surface area contributed by atoms with Crippen LogP contribution in [0, 0.1) is 5.82 Å². The first-order chi connectivity index (χ1) is 12.2. The van der Waals surface area contributed by atoms with Crippen LogP contribution in [0.1, 0.15) is 24.1 Å². The molecule has 0 bridgehead atoms. The van der Waals surface area contributed by atoms with Crippen molar-refractivity contribution in [2.75, 3.05) is 13.1 Å². The van der Waals surface area contributed by atoms with E-state index in [2.05, 4.69) is 15.0 Å². The highest BCUT2D eigenvalue weighted by atomic mass is 35.5. The lowest BCUT2D eigenvalue weighted by molar-refractivity contribution is 0.294. The maximum Gasteiger partial charge on any atom is 0.155 e. The lowest BCUT2D eigenvalue weighted by atomic mass is 10.2. The Labute approximate surface area is 150 Å². The average Bonchev–Trinajstić information content (AvgIpc) is 3.27. The van der Waals surface area contributed by atoms with E-state index in [0.717, 1.165) is 37.3 Å². The highest BCUT2D eigenvalue weighted by Crippen LogP contribution is 2.28. The number of nitrogens with zero attached hydrogens (tertiary/aromatic N) is 4. The quantitative estimate of drug-likeness (QED) is 0.696. The summed E-state index contributed by atoms with van der Waals surface area (Å²) in [6.45, 7) is 2.79. The fraction of sp³-hybridized carbons (Fsp3) is 0.333. The number of hydrogen-bond acceptors (Lipinski definition) is 4. The van der Waals surface area contributed by atoms with Crippen LogP contribution in [0.4, 0.5) is 4.39 Å². The van der Waals surface area contributed by atoms with Crippen molar-refractivity contribution in [1.82, 2.24) is 19.5 Å². The lowest BCUT2D eigenvalue weighted by Gasteiger charge is -2.17. The summed E-state index contributed by atoms with van der Waals surface area (Å²) in [7, 11) is 0. The predicted octanol–water partition coefficient (Wildman–Crippen LogP) is 3.70. The number of pyridine rings is 1. The number of hydrogen-bond donors (Lipinski definition) is 0. The Morgan fingerprint density at radius 1 is 1.20 bits per heavy atom. The molecule has 1 aliphatic rings. The smallest absolute Gasteiger partial charge is 0.155 e. The Hall–Kier alpha value is -2.18. The van der Waals surface area contributed by atoms with Gasteiger partial charge in [-0.1, -0.05) is 17.7 Å². The van der Waals surface area contributed by atoms with Crippen LogP contribution in [0.5, 0.6) is 5.75 Å². The van der Waals surface area contributed by atoms with Gasteiger partial charge in [-0.15, -0.1) is 0 Å². The highest BCUT2D eigenvalue weighted by Gasteiger charge is 2.17. The monoisotopic (exact) mass is 360 g/mol. The molecule has 0 unspecified atom stereocenters. The fourth-order valence-corrected chi connectivity index (χ4v) is 3.40. The van der Waals surface area contributed by atoms with E-state index in [1.807, 2.05) is 18.2 Å². The van der Waals surface area contributed by atoms with Crippen molar-refractivity contribution in [3.63, 3.8) is 0 Å². The number of rotatable bonds is 5. The van der Waals surface area contributed by atoms with Gasteiger partial charge in [0, 0.05) is 18.2 Å². The molecule has 3 heterocycles. The fourth-order valence-electron chi connectivity index (χ4n) is 3.15. The van der Waals surface area contributed by atoms with Gasteiger partial charge in [0.15, 0.2) is 5.65 Å². The molecule has 5 nitrogen and oxygen atoms in total. The number of ether oxygens (including phenoxy) is 1. The third kappa shape index (κ3) is 3.45. The van der Waals surface area contributed by atoms with E-state index >= 15 is 0 Å². The van der Waals surface area contributed by atoms with E-state index in [9.17, 15) is 4.39 Å². The molecule has 130 valence electrons. The van der Waals surface area contributed by atoms with Gasteiger partial charge in [0.1, 0.15) is 24.5 Å². The van der Waals surface area contributed by atoms with Crippen LogP contribution in [-0.4, -0.2) is 32.6 Å². The second-order valence-corrected chi connectivity index (χ2v) is 6.59. The molecule has 2 aromatic heterocycles. The van der Waals surface area contributed by atoms with E-state index in [4.69, 9.17) is 16.3 Å². The van der Waals surface area contributed by atoms with Gasteiger partial charge < -0.3 is 4.74 Å². The van der Waals surface area contributed by atoms with E-state index in [1.165, 1.54) is 12.4 Å².